The Morgan fingerprint density at radius 3 is 2.43 bits per heavy atom. The van der Waals surface area contributed by atoms with Gasteiger partial charge in [-0.2, -0.15) is 0 Å². The molecule has 5 nitrogen and oxygen atoms in total. The van der Waals surface area contributed by atoms with Crippen LogP contribution >= 0.6 is 0 Å². The Kier molecular flexibility index (Phi) is 5.31. The molecule has 2 rings (SSSR count). The molecule has 0 radical (unpaired) electrons. The van der Waals surface area contributed by atoms with Crippen molar-refractivity contribution >= 4 is 11.6 Å². The third-order valence-corrected chi connectivity index (χ3v) is 4.11. The maximum absolute atomic E-state index is 12.4. The summed E-state index contributed by atoms with van der Waals surface area (Å²) >= 11 is 0. The molecule has 0 aromatic heterocycles. The summed E-state index contributed by atoms with van der Waals surface area (Å²) < 4.78 is 0. The number of nitrogens with zero attached hydrogens (tertiary/aromatic N) is 1. The average Bonchev–Trinajstić information content (AvgIpc) is 2.40. The highest BCUT2D eigenvalue weighted by Crippen LogP contribution is 2.24. The molecule has 1 N–H and O–H groups in total. The van der Waals surface area contributed by atoms with Crippen molar-refractivity contribution in [3.63, 3.8) is 0 Å². The molecule has 1 amide bonds. The van der Waals surface area contributed by atoms with E-state index < -0.39 is 4.92 Å². The number of rotatable bonds is 3. The van der Waals surface area contributed by atoms with Crippen molar-refractivity contribution in [2.24, 2.45) is 0 Å². The van der Waals surface area contributed by atoms with Crippen LogP contribution in [0.2, 0.25) is 0 Å². The minimum atomic E-state index is -0.470. The van der Waals surface area contributed by atoms with Gasteiger partial charge in [-0.1, -0.05) is 44.2 Å². The lowest BCUT2D eigenvalue weighted by atomic mass is 9.96. The van der Waals surface area contributed by atoms with Crippen LogP contribution in [0.1, 0.15) is 60.9 Å². The number of aryl methyl sites for hydroxylation is 1. The molecule has 0 heterocycles. The van der Waals surface area contributed by atoms with E-state index in [0.717, 1.165) is 25.7 Å². The van der Waals surface area contributed by atoms with Crippen LogP contribution in [0, 0.1) is 17.0 Å². The lowest BCUT2D eigenvalue weighted by Gasteiger charge is -2.21. The van der Waals surface area contributed by atoms with Crippen molar-refractivity contribution in [1.29, 1.82) is 0 Å². The predicted molar refractivity (Wildman–Crippen MR) is 81.4 cm³/mol. The highest BCUT2D eigenvalue weighted by atomic mass is 16.6. The van der Waals surface area contributed by atoms with Crippen molar-refractivity contribution in [2.45, 2.75) is 57.9 Å². The fraction of sp³-hybridized carbons (Fsp3) is 0.562. The van der Waals surface area contributed by atoms with Crippen molar-refractivity contribution in [3.8, 4) is 0 Å². The summed E-state index contributed by atoms with van der Waals surface area (Å²) in [6.45, 7) is 1.66. The monoisotopic (exact) mass is 290 g/mol. The van der Waals surface area contributed by atoms with Crippen LogP contribution in [0.25, 0.3) is 0 Å². The van der Waals surface area contributed by atoms with Crippen molar-refractivity contribution < 1.29 is 9.72 Å². The van der Waals surface area contributed by atoms with E-state index in [4.69, 9.17) is 0 Å². The Labute approximate surface area is 124 Å². The highest BCUT2D eigenvalue weighted by Gasteiger charge is 2.24. The zero-order valence-corrected chi connectivity index (χ0v) is 12.4. The molecule has 0 bridgehead atoms. The fourth-order valence-electron chi connectivity index (χ4n) is 2.95. The van der Waals surface area contributed by atoms with Gasteiger partial charge < -0.3 is 5.32 Å². The van der Waals surface area contributed by atoms with Crippen LogP contribution in [0.15, 0.2) is 18.2 Å². The Morgan fingerprint density at radius 2 is 1.81 bits per heavy atom. The van der Waals surface area contributed by atoms with Crippen LogP contribution in [0.5, 0.6) is 0 Å². The minimum Gasteiger partial charge on any atom is -0.349 e. The molecule has 0 atom stereocenters. The Morgan fingerprint density at radius 1 is 1.19 bits per heavy atom. The van der Waals surface area contributed by atoms with Crippen molar-refractivity contribution in [2.75, 3.05) is 0 Å². The maximum atomic E-state index is 12.4. The summed E-state index contributed by atoms with van der Waals surface area (Å²) in [6.07, 6.45) is 7.83. The summed E-state index contributed by atoms with van der Waals surface area (Å²) in [7, 11) is 0. The van der Waals surface area contributed by atoms with Gasteiger partial charge in [-0.25, -0.2) is 0 Å². The molecule has 5 heteroatoms. The number of hydrogen-bond acceptors (Lipinski definition) is 3. The van der Waals surface area contributed by atoms with Gasteiger partial charge in [0.1, 0.15) is 5.56 Å². The number of nitro benzene ring substituents is 1. The maximum Gasteiger partial charge on any atom is 0.285 e. The second-order valence-electron chi connectivity index (χ2n) is 5.74. The third-order valence-electron chi connectivity index (χ3n) is 4.11. The number of nitrogens with one attached hydrogen (secondary N) is 1. The first kappa shape index (κ1) is 15.5. The first-order valence-corrected chi connectivity index (χ1v) is 7.64. The third kappa shape index (κ3) is 4.03. The van der Waals surface area contributed by atoms with Crippen molar-refractivity contribution in [3.05, 3.63) is 39.4 Å². The minimum absolute atomic E-state index is 0.0826. The number of carbonyl (C=O) groups excluding carboxylic acids is 1. The highest BCUT2D eigenvalue weighted by molar-refractivity contribution is 5.98. The Hall–Kier alpha value is -1.91. The van der Waals surface area contributed by atoms with Crippen molar-refractivity contribution in [1.82, 2.24) is 5.32 Å². The summed E-state index contributed by atoms with van der Waals surface area (Å²) in [6, 6.07) is 5.02. The number of carbonyl (C=O) groups is 1. The number of benzene rings is 1. The van der Waals surface area contributed by atoms with E-state index in [-0.39, 0.29) is 23.2 Å². The van der Waals surface area contributed by atoms with E-state index in [1.54, 1.807) is 19.1 Å². The normalized spacial score (nSPS) is 16.8. The first-order chi connectivity index (χ1) is 10.1. The molecule has 0 unspecified atom stereocenters. The molecule has 1 aliphatic carbocycles. The molecule has 114 valence electrons. The van der Waals surface area contributed by atoms with Crippen LogP contribution in [-0.2, 0) is 0 Å². The van der Waals surface area contributed by atoms with Crippen LogP contribution < -0.4 is 5.32 Å². The van der Waals surface area contributed by atoms with Gasteiger partial charge in [0.25, 0.3) is 11.6 Å². The molecular weight excluding hydrogens is 268 g/mol. The Balaban J connectivity index is 2.12. The first-order valence-electron chi connectivity index (χ1n) is 7.64. The number of nitro groups is 1. The second-order valence-corrected chi connectivity index (χ2v) is 5.74. The lowest BCUT2D eigenvalue weighted by molar-refractivity contribution is -0.385. The molecule has 0 aliphatic heterocycles. The molecule has 0 spiro atoms. The summed E-state index contributed by atoms with van der Waals surface area (Å²) in [5.74, 6) is -0.323. The summed E-state index contributed by atoms with van der Waals surface area (Å²) in [5, 5.41) is 14.1. The van der Waals surface area contributed by atoms with E-state index >= 15 is 0 Å². The second kappa shape index (κ2) is 7.20. The number of hydrogen-bond donors (Lipinski definition) is 1. The molecule has 1 saturated carbocycles. The fourth-order valence-corrected chi connectivity index (χ4v) is 2.95. The molecule has 1 aliphatic rings. The molecule has 21 heavy (non-hydrogen) atoms. The average molecular weight is 290 g/mol. The van der Waals surface area contributed by atoms with E-state index in [2.05, 4.69) is 5.32 Å². The van der Waals surface area contributed by atoms with Crippen LogP contribution in [0.3, 0.4) is 0 Å². The SMILES string of the molecule is Cc1cccc(C(=O)NC2CCCCCCC2)c1[N+](=O)[O-]. The smallest absolute Gasteiger partial charge is 0.285 e. The van der Waals surface area contributed by atoms with E-state index in [1.807, 2.05) is 0 Å². The van der Waals surface area contributed by atoms with E-state index in [0.29, 0.717) is 5.56 Å². The Bertz CT molecular complexity index is 520. The topological polar surface area (TPSA) is 72.2 Å². The van der Waals surface area contributed by atoms with Gasteiger partial charge in [-0.3, -0.25) is 14.9 Å². The van der Waals surface area contributed by atoms with Gasteiger partial charge in [-0.05, 0) is 25.8 Å². The number of para-hydroxylation sites is 1. The van der Waals surface area contributed by atoms with Gasteiger partial charge >= 0.3 is 0 Å². The molecular formula is C16H22N2O3. The molecule has 1 aromatic rings. The molecule has 1 aromatic carbocycles. The van der Waals surface area contributed by atoms with Gasteiger partial charge in [0.15, 0.2) is 0 Å². The van der Waals surface area contributed by atoms with Gasteiger partial charge in [0.05, 0.1) is 4.92 Å². The van der Waals surface area contributed by atoms with Gasteiger partial charge in [0.2, 0.25) is 0 Å². The quantitative estimate of drug-likeness (QED) is 0.680. The summed E-state index contributed by atoms with van der Waals surface area (Å²) in [5.41, 5.74) is 0.605. The van der Waals surface area contributed by atoms with Crippen LogP contribution in [0.4, 0.5) is 5.69 Å². The zero-order valence-electron chi connectivity index (χ0n) is 12.4. The largest absolute Gasteiger partial charge is 0.349 e. The number of amides is 1. The van der Waals surface area contributed by atoms with E-state index in [9.17, 15) is 14.9 Å². The van der Waals surface area contributed by atoms with Crippen LogP contribution in [-0.4, -0.2) is 16.9 Å². The predicted octanol–water partition coefficient (Wildman–Crippen LogP) is 3.75. The van der Waals surface area contributed by atoms with Gasteiger partial charge in [-0.15, -0.1) is 0 Å². The zero-order chi connectivity index (χ0) is 15.2. The van der Waals surface area contributed by atoms with Gasteiger partial charge in [0, 0.05) is 11.6 Å². The summed E-state index contributed by atoms with van der Waals surface area (Å²) in [4.78, 5) is 23.1. The standard InChI is InChI=1S/C16H22N2O3/c1-12-8-7-11-14(15(12)18(20)21)16(19)17-13-9-5-3-2-4-6-10-13/h7-8,11,13H,2-6,9-10H2,1H3,(H,17,19). The lowest BCUT2D eigenvalue weighted by Crippen LogP contribution is -2.35. The molecule has 1 fully saturated rings. The van der Waals surface area contributed by atoms with E-state index in [1.165, 1.54) is 25.3 Å². The molecule has 0 saturated heterocycles.